The van der Waals surface area contributed by atoms with E-state index >= 15 is 0 Å². The van der Waals surface area contributed by atoms with E-state index < -0.39 is 17.6 Å². The lowest BCUT2D eigenvalue weighted by Crippen LogP contribution is -2.11. The van der Waals surface area contributed by atoms with Crippen molar-refractivity contribution < 1.29 is 24.2 Å². The standard InChI is InChI=1S/C19H15NO5S/c21-16-10-12(6-8-15(16)19(23)24)20-18(22)17-9-7-13(25-17)11-26-14-4-2-1-3-5-14/h1-10,21H,11H2,(H,20,22)(H,23,24). The van der Waals surface area contributed by atoms with Gasteiger partial charge in [-0.25, -0.2) is 4.79 Å². The molecule has 132 valence electrons. The molecule has 0 saturated carbocycles. The number of benzene rings is 2. The molecule has 7 heteroatoms. The van der Waals surface area contributed by atoms with Gasteiger partial charge in [-0.3, -0.25) is 4.79 Å². The average molecular weight is 369 g/mol. The Morgan fingerprint density at radius 2 is 1.81 bits per heavy atom. The van der Waals surface area contributed by atoms with Crippen molar-refractivity contribution in [3.05, 3.63) is 77.7 Å². The smallest absolute Gasteiger partial charge is 0.339 e. The summed E-state index contributed by atoms with van der Waals surface area (Å²) in [6.45, 7) is 0. The fourth-order valence-corrected chi connectivity index (χ4v) is 3.05. The summed E-state index contributed by atoms with van der Waals surface area (Å²) >= 11 is 1.59. The Kier molecular flexibility index (Phi) is 5.28. The first kappa shape index (κ1) is 17.6. The first-order valence-corrected chi connectivity index (χ1v) is 8.66. The highest BCUT2D eigenvalue weighted by Gasteiger charge is 2.14. The van der Waals surface area contributed by atoms with Gasteiger partial charge in [-0.05, 0) is 36.4 Å². The lowest BCUT2D eigenvalue weighted by Gasteiger charge is -2.05. The summed E-state index contributed by atoms with van der Waals surface area (Å²) in [5.41, 5.74) is 0.0373. The molecular weight excluding hydrogens is 354 g/mol. The van der Waals surface area contributed by atoms with Crippen LogP contribution in [-0.2, 0) is 5.75 Å². The summed E-state index contributed by atoms with van der Waals surface area (Å²) in [6.07, 6.45) is 0. The van der Waals surface area contributed by atoms with Gasteiger partial charge >= 0.3 is 5.97 Å². The zero-order valence-corrected chi connectivity index (χ0v) is 14.3. The van der Waals surface area contributed by atoms with Crippen molar-refractivity contribution in [3.63, 3.8) is 0 Å². The molecule has 26 heavy (non-hydrogen) atoms. The molecule has 0 fully saturated rings. The predicted molar refractivity (Wildman–Crippen MR) is 97.7 cm³/mol. The Balaban J connectivity index is 1.63. The summed E-state index contributed by atoms with van der Waals surface area (Å²) in [5, 5.41) is 21.1. The van der Waals surface area contributed by atoms with E-state index in [1.807, 2.05) is 30.3 Å². The molecule has 0 unspecified atom stereocenters. The first-order chi connectivity index (χ1) is 12.5. The number of nitrogens with one attached hydrogen (secondary N) is 1. The van der Waals surface area contributed by atoms with Crippen molar-refractivity contribution in [1.82, 2.24) is 0 Å². The van der Waals surface area contributed by atoms with Gasteiger partial charge in [0.25, 0.3) is 5.91 Å². The predicted octanol–water partition coefficient (Wildman–Crippen LogP) is 4.23. The van der Waals surface area contributed by atoms with Gasteiger partial charge in [-0.2, -0.15) is 0 Å². The van der Waals surface area contributed by atoms with E-state index in [2.05, 4.69) is 5.32 Å². The van der Waals surface area contributed by atoms with E-state index in [0.717, 1.165) is 4.90 Å². The number of aromatic hydroxyl groups is 1. The van der Waals surface area contributed by atoms with Gasteiger partial charge in [0.05, 0.1) is 5.75 Å². The number of carboxylic acid groups (broad SMARTS) is 1. The lowest BCUT2D eigenvalue weighted by molar-refractivity contribution is 0.0693. The molecule has 3 N–H and O–H groups in total. The number of carbonyl (C=O) groups excluding carboxylic acids is 1. The number of amides is 1. The van der Waals surface area contributed by atoms with Gasteiger partial charge in [0.2, 0.25) is 0 Å². The normalized spacial score (nSPS) is 10.5. The van der Waals surface area contributed by atoms with Gasteiger partial charge in [0, 0.05) is 16.6 Å². The van der Waals surface area contributed by atoms with Crippen LogP contribution in [0.15, 0.2) is 70.0 Å². The molecular formula is C19H15NO5S. The fraction of sp³-hybridized carbons (Fsp3) is 0.0526. The molecule has 1 aromatic heterocycles. The molecule has 3 rings (SSSR count). The molecule has 2 aromatic carbocycles. The van der Waals surface area contributed by atoms with Crippen LogP contribution in [0.2, 0.25) is 0 Å². The minimum Gasteiger partial charge on any atom is -0.507 e. The summed E-state index contributed by atoms with van der Waals surface area (Å²) in [5.74, 6) is -0.764. The van der Waals surface area contributed by atoms with Gasteiger partial charge < -0.3 is 19.9 Å². The Hall–Kier alpha value is -3.19. The van der Waals surface area contributed by atoms with Crippen LogP contribution in [0.25, 0.3) is 0 Å². The number of furan rings is 1. The Labute approximate surface area is 153 Å². The van der Waals surface area contributed by atoms with E-state index in [1.165, 1.54) is 18.2 Å². The van der Waals surface area contributed by atoms with E-state index in [4.69, 9.17) is 9.52 Å². The molecule has 3 aromatic rings. The summed E-state index contributed by atoms with van der Waals surface area (Å²) in [4.78, 5) is 24.2. The molecule has 0 radical (unpaired) electrons. The summed E-state index contributed by atoms with van der Waals surface area (Å²) < 4.78 is 5.54. The van der Waals surface area contributed by atoms with Crippen LogP contribution in [0.1, 0.15) is 26.7 Å². The van der Waals surface area contributed by atoms with Crippen molar-refractivity contribution >= 4 is 29.3 Å². The number of aromatic carboxylic acids is 1. The minimum absolute atomic E-state index is 0.135. The van der Waals surface area contributed by atoms with Gasteiger partial charge in [-0.15, -0.1) is 11.8 Å². The molecule has 1 heterocycles. The zero-order chi connectivity index (χ0) is 18.5. The molecule has 0 bridgehead atoms. The maximum absolute atomic E-state index is 12.2. The van der Waals surface area contributed by atoms with Crippen LogP contribution in [0.3, 0.4) is 0 Å². The third-order valence-electron chi connectivity index (χ3n) is 3.50. The molecule has 0 aliphatic carbocycles. The monoisotopic (exact) mass is 369 g/mol. The number of hydrogen-bond acceptors (Lipinski definition) is 5. The van der Waals surface area contributed by atoms with Crippen LogP contribution >= 0.6 is 11.8 Å². The van der Waals surface area contributed by atoms with E-state index in [9.17, 15) is 14.7 Å². The fourth-order valence-electron chi connectivity index (χ4n) is 2.23. The van der Waals surface area contributed by atoms with E-state index in [0.29, 0.717) is 11.5 Å². The van der Waals surface area contributed by atoms with E-state index in [1.54, 1.807) is 23.9 Å². The largest absolute Gasteiger partial charge is 0.507 e. The van der Waals surface area contributed by atoms with Gasteiger partial charge in [0.15, 0.2) is 5.76 Å². The molecule has 0 aliphatic rings. The number of anilines is 1. The third kappa shape index (κ3) is 4.25. The number of rotatable bonds is 6. The zero-order valence-electron chi connectivity index (χ0n) is 13.5. The first-order valence-electron chi connectivity index (χ1n) is 7.67. The number of hydrogen-bond donors (Lipinski definition) is 3. The van der Waals surface area contributed by atoms with Crippen molar-refractivity contribution in [3.8, 4) is 5.75 Å². The van der Waals surface area contributed by atoms with Crippen LogP contribution in [0, 0.1) is 0 Å². The maximum atomic E-state index is 12.2. The topological polar surface area (TPSA) is 99.8 Å². The second-order valence-electron chi connectivity index (χ2n) is 5.36. The van der Waals surface area contributed by atoms with Crippen molar-refractivity contribution in [2.24, 2.45) is 0 Å². The van der Waals surface area contributed by atoms with Crippen LogP contribution in [0.5, 0.6) is 5.75 Å². The Bertz CT molecular complexity index is 936. The molecule has 1 amide bonds. The minimum atomic E-state index is -1.24. The second kappa shape index (κ2) is 7.79. The van der Waals surface area contributed by atoms with Crippen LogP contribution in [-0.4, -0.2) is 22.1 Å². The second-order valence-corrected chi connectivity index (χ2v) is 6.41. The molecule has 6 nitrogen and oxygen atoms in total. The highest BCUT2D eigenvalue weighted by molar-refractivity contribution is 7.98. The third-order valence-corrected chi connectivity index (χ3v) is 4.53. The van der Waals surface area contributed by atoms with Crippen molar-refractivity contribution in [1.29, 1.82) is 0 Å². The van der Waals surface area contributed by atoms with Crippen molar-refractivity contribution in [2.45, 2.75) is 10.6 Å². The Morgan fingerprint density at radius 3 is 2.50 bits per heavy atom. The van der Waals surface area contributed by atoms with Crippen molar-refractivity contribution in [2.75, 3.05) is 5.32 Å². The SMILES string of the molecule is O=C(Nc1ccc(C(=O)O)c(O)c1)c1ccc(CSc2ccccc2)o1. The number of phenols is 1. The maximum Gasteiger partial charge on any atom is 0.339 e. The van der Waals surface area contributed by atoms with Crippen LogP contribution < -0.4 is 5.32 Å². The molecule has 0 saturated heterocycles. The highest BCUT2D eigenvalue weighted by Crippen LogP contribution is 2.25. The Morgan fingerprint density at radius 1 is 1.04 bits per heavy atom. The number of thioether (sulfide) groups is 1. The van der Waals surface area contributed by atoms with Gasteiger partial charge in [-0.1, -0.05) is 18.2 Å². The summed E-state index contributed by atoms with van der Waals surface area (Å²) in [7, 11) is 0. The number of carbonyl (C=O) groups is 2. The summed E-state index contributed by atoms with van der Waals surface area (Å²) in [6, 6.07) is 16.9. The van der Waals surface area contributed by atoms with Crippen LogP contribution in [0.4, 0.5) is 5.69 Å². The molecule has 0 spiro atoms. The molecule has 0 atom stereocenters. The highest BCUT2D eigenvalue weighted by atomic mass is 32.2. The van der Waals surface area contributed by atoms with Gasteiger partial charge in [0.1, 0.15) is 17.1 Å². The quantitative estimate of drug-likeness (QED) is 0.562. The molecule has 0 aliphatic heterocycles. The number of carboxylic acids is 1. The van der Waals surface area contributed by atoms with E-state index in [-0.39, 0.29) is 17.0 Å². The average Bonchev–Trinajstić information content (AvgIpc) is 3.10. The lowest BCUT2D eigenvalue weighted by atomic mass is 10.2.